The number of hydrogen-bond acceptors (Lipinski definition) is 3. The molecule has 0 spiro atoms. The van der Waals surface area contributed by atoms with Gasteiger partial charge in [0.15, 0.2) is 0 Å². The molecular weight excluding hydrogens is 376 g/mol. The molecule has 3 aromatic carbocycles. The quantitative estimate of drug-likeness (QED) is 0.450. The van der Waals surface area contributed by atoms with Crippen molar-refractivity contribution in [3.63, 3.8) is 0 Å². The van der Waals surface area contributed by atoms with E-state index in [4.69, 9.17) is 4.42 Å². The van der Waals surface area contributed by atoms with Crippen molar-refractivity contribution in [3.05, 3.63) is 108 Å². The summed E-state index contributed by atoms with van der Waals surface area (Å²) in [5.41, 5.74) is 1.78. The average Bonchev–Trinajstić information content (AvgIpc) is 3.30. The van der Waals surface area contributed by atoms with Crippen LogP contribution in [-0.4, -0.2) is 11.8 Å². The molecule has 4 aromatic rings. The third kappa shape index (κ3) is 4.47. The molecule has 1 aromatic heterocycles. The summed E-state index contributed by atoms with van der Waals surface area (Å²) in [6.07, 6.45) is 4.80. The lowest BCUT2D eigenvalue weighted by Crippen LogP contribution is -2.24. The van der Waals surface area contributed by atoms with E-state index in [-0.39, 0.29) is 18.4 Å². The summed E-state index contributed by atoms with van der Waals surface area (Å²) in [4.78, 5) is 25.0. The van der Waals surface area contributed by atoms with Crippen LogP contribution in [0.25, 0.3) is 16.8 Å². The molecule has 0 bridgehead atoms. The number of carbonyl (C=O) groups is 2. The van der Waals surface area contributed by atoms with Gasteiger partial charge in [0.1, 0.15) is 5.76 Å². The van der Waals surface area contributed by atoms with Gasteiger partial charge >= 0.3 is 0 Å². The van der Waals surface area contributed by atoms with E-state index >= 15 is 0 Å². The molecule has 0 aliphatic carbocycles. The van der Waals surface area contributed by atoms with Crippen molar-refractivity contribution in [2.45, 2.75) is 6.54 Å². The van der Waals surface area contributed by atoms with E-state index in [1.165, 1.54) is 6.08 Å². The van der Waals surface area contributed by atoms with Crippen molar-refractivity contribution in [2.75, 3.05) is 5.32 Å². The Morgan fingerprint density at radius 2 is 1.67 bits per heavy atom. The van der Waals surface area contributed by atoms with Crippen LogP contribution in [-0.2, 0) is 11.3 Å². The number of rotatable bonds is 6. The number of carbonyl (C=O) groups excluding carboxylic acids is 2. The van der Waals surface area contributed by atoms with Gasteiger partial charge in [-0.1, -0.05) is 54.6 Å². The van der Waals surface area contributed by atoms with Gasteiger partial charge in [-0.3, -0.25) is 9.59 Å². The number of furan rings is 1. The molecule has 2 N–H and O–H groups in total. The summed E-state index contributed by atoms with van der Waals surface area (Å²) in [5, 5.41) is 7.76. The first-order valence-corrected chi connectivity index (χ1v) is 9.57. The Morgan fingerprint density at radius 3 is 2.53 bits per heavy atom. The molecular formula is C25H20N2O3. The van der Waals surface area contributed by atoms with Crippen molar-refractivity contribution >= 4 is 34.4 Å². The molecule has 0 aliphatic rings. The summed E-state index contributed by atoms with van der Waals surface area (Å²) in [6, 6.07) is 24.4. The Labute approximate surface area is 174 Å². The molecule has 5 nitrogen and oxygen atoms in total. The molecule has 0 fully saturated rings. The van der Waals surface area contributed by atoms with Crippen molar-refractivity contribution in [2.24, 2.45) is 0 Å². The van der Waals surface area contributed by atoms with Gasteiger partial charge in [-0.25, -0.2) is 0 Å². The van der Waals surface area contributed by atoms with Crippen LogP contribution in [0.15, 0.2) is 95.6 Å². The number of fused-ring (bicyclic) bond motifs is 1. The Bertz CT molecular complexity index is 1200. The largest absolute Gasteiger partial charge is 0.467 e. The smallest absolute Gasteiger partial charge is 0.253 e. The summed E-state index contributed by atoms with van der Waals surface area (Å²) in [6.45, 7) is 0.273. The fourth-order valence-corrected chi connectivity index (χ4v) is 3.20. The third-order valence-corrected chi connectivity index (χ3v) is 4.67. The third-order valence-electron chi connectivity index (χ3n) is 4.67. The summed E-state index contributed by atoms with van der Waals surface area (Å²) in [7, 11) is 0. The van der Waals surface area contributed by atoms with Gasteiger partial charge in [-0.2, -0.15) is 0 Å². The highest BCUT2D eigenvalue weighted by Gasteiger charge is 2.12. The van der Waals surface area contributed by atoms with Gasteiger partial charge in [0.2, 0.25) is 5.91 Å². The van der Waals surface area contributed by atoms with Crippen molar-refractivity contribution < 1.29 is 14.0 Å². The Hall–Kier alpha value is -4.12. The monoisotopic (exact) mass is 396 g/mol. The lowest BCUT2D eigenvalue weighted by molar-refractivity contribution is -0.111. The van der Waals surface area contributed by atoms with E-state index in [0.29, 0.717) is 17.0 Å². The first-order chi connectivity index (χ1) is 14.7. The predicted octanol–water partition coefficient (Wildman–Crippen LogP) is 5.01. The number of para-hydroxylation sites is 1. The molecule has 148 valence electrons. The van der Waals surface area contributed by atoms with E-state index in [0.717, 1.165) is 16.3 Å². The predicted molar refractivity (Wildman–Crippen MR) is 118 cm³/mol. The van der Waals surface area contributed by atoms with Crippen molar-refractivity contribution in [1.29, 1.82) is 0 Å². The maximum absolute atomic E-state index is 12.5. The molecule has 0 saturated carbocycles. The Kier molecular flexibility index (Phi) is 5.71. The fraction of sp³-hybridized carbons (Fsp3) is 0.0400. The zero-order valence-electron chi connectivity index (χ0n) is 16.2. The molecule has 0 radical (unpaired) electrons. The second-order valence-electron chi connectivity index (χ2n) is 6.70. The minimum atomic E-state index is -0.311. The maximum Gasteiger partial charge on any atom is 0.253 e. The summed E-state index contributed by atoms with van der Waals surface area (Å²) >= 11 is 0. The van der Waals surface area contributed by atoms with Crippen LogP contribution in [0, 0.1) is 0 Å². The molecule has 4 rings (SSSR count). The van der Waals surface area contributed by atoms with E-state index < -0.39 is 0 Å². The van der Waals surface area contributed by atoms with E-state index in [2.05, 4.69) is 10.6 Å². The summed E-state index contributed by atoms with van der Waals surface area (Å²) in [5.74, 6) is 0.0532. The lowest BCUT2D eigenvalue weighted by Gasteiger charge is -2.10. The number of benzene rings is 3. The van der Waals surface area contributed by atoms with Gasteiger partial charge in [-0.15, -0.1) is 0 Å². The van der Waals surface area contributed by atoms with Crippen LogP contribution in [0.4, 0.5) is 5.69 Å². The number of amides is 2. The van der Waals surface area contributed by atoms with Crippen LogP contribution in [0.1, 0.15) is 21.7 Å². The standard InChI is InChI=1S/C25H20N2O3/c28-24(15-14-19-9-5-8-18-7-1-2-11-21(18)19)27-23-13-4-3-12-22(23)25(29)26-17-20-10-6-16-30-20/h1-16H,17H2,(H,26,29)(H,27,28)/b15-14+. The molecule has 0 atom stereocenters. The van der Waals surface area contributed by atoms with Crippen molar-refractivity contribution in [3.8, 4) is 0 Å². The van der Waals surface area contributed by atoms with Gasteiger partial charge in [-0.05, 0) is 46.7 Å². The normalized spacial score (nSPS) is 10.9. The fourth-order valence-electron chi connectivity index (χ4n) is 3.20. The van der Waals surface area contributed by atoms with E-state index in [9.17, 15) is 9.59 Å². The van der Waals surface area contributed by atoms with Crippen LogP contribution in [0.3, 0.4) is 0 Å². The van der Waals surface area contributed by atoms with E-state index in [1.54, 1.807) is 48.7 Å². The number of hydrogen-bond donors (Lipinski definition) is 2. The van der Waals surface area contributed by atoms with Gasteiger partial charge in [0, 0.05) is 6.08 Å². The highest BCUT2D eigenvalue weighted by Crippen LogP contribution is 2.20. The molecule has 1 heterocycles. The second kappa shape index (κ2) is 8.92. The highest BCUT2D eigenvalue weighted by molar-refractivity contribution is 6.08. The van der Waals surface area contributed by atoms with Crippen LogP contribution in [0.5, 0.6) is 0 Å². The van der Waals surface area contributed by atoms with Gasteiger partial charge in [0.05, 0.1) is 24.1 Å². The summed E-state index contributed by atoms with van der Waals surface area (Å²) < 4.78 is 5.23. The molecule has 30 heavy (non-hydrogen) atoms. The maximum atomic E-state index is 12.5. The number of nitrogens with one attached hydrogen (secondary N) is 2. The second-order valence-corrected chi connectivity index (χ2v) is 6.70. The Balaban J connectivity index is 1.47. The molecule has 0 unspecified atom stereocenters. The van der Waals surface area contributed by atoms with Gasteiger partial charge < -0.3 is 15.1 Å². The SMILES string of the molecule is O=C(/C=C/c1cccc2ccccc12)Nc1ccccc1C(=O)NCc1ccco1. The zero-order chi connectivity index (χ0) is 20.8. The molecule has 0 aliphatic heterocycles. The molecule has 2 amide bonds. The minimum Gasteiger partial charge on any atom is -0.467 e. The molecule has 0 saturated heterocycles. The van der Waals surface area contributed by atoms with E-state index in [1.807, 2.05) is 42.5 Å². The minimum absolute atomic E-state index is 0.273. The molecule has 5 heteroatoms. The van der Waals surface area contributed by atoms with Gasteiger partial charge in [0.25, 0.3) is 5.91 Å². The highest BCUT2D eigenvalue weighted by atomic mass is 16.3. The Morgan fingerprint density at radius 1 is 0.867 bits per heavy atom. The van der Waals surface area contributed by atoms with Crippen molar-refractivity contribution in [1.82, 2.24) is 5.32 Å². The number of anilines is 1. The first kappa shape index (κ1) is 19.2. The van der Waals surface area contributed by atoms with Crippen LogP contribution >= 0.6 is 0 Å². The van der Waals surface area contributed by atoms with Crippen LogP contribution < -0.4 is 10.6 Å². The van der Waals surface area contributed by atoms with Crippen LogP contribution in [0.2, 0.25) is 0 Å². The topological polar surface area (TPSA) is 71.3 Å². The lowest BCUT2D eigenvalue weighted by atomic mass is 10.0. The zero-order valence-corrected chi connectivity index (χ0v) is 16.2. The average molecular weight is 396 g/mol. The first-order valence-electron chi connectivity index (χ1n) is 9.57.